The zero-order valence-electron chi connectivity index (χ0n) is 14.4. The summed E-state index contributed by atoms with van der Waals surface area (Å²) in [6, 6.07) is 9.23. The number of aryl methyl sites for hydroxylation is 2. The third-order valence-electron chi connectivity index (χ3n) is 4.36. The minimum atomic E-state index is -0.293. The predicted molar refractivity (Wildman–Crippen MR) is 94.4 cm³/mol. The van der Waals surface area contributed by atoms with Gasteiger partial charge in [0.15, 0.2) is 0 Å². The summed E-state index contributed by atoms with van der Waals surface area (Å²) < 4.78 is 5.38. The minimum Gasteiger partial charge on any atom is -0.428 e. The van der Waals surface area contributed by atoms with Crippen LogP contribution in [0.1, 0.15) is 24.3 Å². The Morgan fingerprint density at radius 2 is 1.96 bits per heavy atom. The maximum absolute atomic E-state index is 12.4. The number of hydrogen-bond donors (Lipinski definition) is 2. The van der Waals surface area contributed by atoms with Crippen LogP contribution in [0.2, 0.25) is 0 Å². The smallest absolute Gasteiger partial charge is 0.325 e. The number of aromatic nitrogens is 1. The van der Waals surface area contributed by atoms with Gasteiger partial charge >= 0.3 is 12.0 Å². The number of oxazole rings is 1. The highest BCUT2D eigenvalue weighted by atomic mass is 16.4. The van der Waals surface area contributed by atoms with Gasteiger partial charge in [-0.25, -0.2) is 4.79 Å². The normalized spacial score (nSPS) is 17.2. The summed E-state index contributed by atoms with van der Waals surface area (Å²) in [5.74, 6) is 0.383. The van der Waals surface area contributed by atoms with Crippen molar-refractivity contribution in [2.45, 2.75) is 26.7 Å². The van der Waals surface area contributed by atoms with Crippen LogP contribution < -0.4 is 10.6 Å². The zero-order valence-corrected chi connectivity index (χ0v) is 14.4. The maximum Gasteiger partial charge on any atom is 0.325 e. The summed E-state index contributed by atoms with van der Waals surface area (Å²) >= 11 is 0. The van der Waals surface area contributed by atoms with Crippen molar-refractivity contribution in [1.82, 2.24) is 9.88 Å². The average molecular weight is 342 g/mol. The van der Waals surface area contributed by atoms with Gasteiger partial charge in [0, 0.05) is 18.8 Å². The first-order chi connectivity index (χ1) is 12.0. The number of nitrogens with one attached hydrogen (secondary N) is 2. The molecule has 1 aromatic carbocycles. The van der Waals surface area contributed by atoms with E-state index < -0.39 is 0 Å². The highest BCUT2D eigenvalue weighted by molar-refractivity contribution is 5.93. The van der Waals surface area contributed by atoms with E-state index in [1.54, 1.807) is 11.8 Å². The van der Waals surface area contributed by atoms with Crippen molar-refractivity contribution in [2.24, 2.45) is 5.92 Å². The second kappa shape index (κ2) is 7.38. The molecular weight excluding hydrogens is 320 g/mol. The standard InChI is InChI=1S/C18H22N4O3/c1-12-13(2)25-17(19-12)21-18(24)22-10-6-7-14(11-22)16(23)20-15-8-4-3-5-9-15/h3-5,8-9,14H,6-7,10-11H2,1-2H3,(H,20,23)(H,19,21,24). The van der Waals surface area contributed by atoms with Gasteiger partial charge in [0.25, 0.3) is 0 Å². The average Bonchev–Trinajstić information content (AvgIpc) is 2.93. The van der Waals surface area contributed by atoms with Crippen molar-refractivity contribution in [3.05, 3.63) is 41.8 Å². The van der Waals surface area contributed by atoms with Gasteiger partial charge < -0.3 is 14.6 Å². The number of urea groups is 1. The van der Waals surface area contributed by atoms with Gasteiger partial charge in [-0.05, 0) is 38.8 Å². The zero-order chi connectivity index (χ0) is 17.8. The van der Waals surface area contributed by atoms with Gasteiger partial charge in [0.1, 0.15) is 5.76 Å². The molecule has 3 rings (SSSR count). The van der Waals surface area contributed by atoms with Gasteiger partial charge in [0.2, 0.25) is 5.91 Å². The number of carbonyl (C=O) groups is 2. The number of amides is 3. The quantitative estimate of drug-likeness (QED) is 0.897. The molecule has 3 amide bonds. The Hall–Kier alpha value is -2.83. The Kier molecular flexibility index (Phi) is 5.02. The summed E-state index contributed by atoms with van der Waals surface area (Å²) in [6.07, 6.45) is 1.55. The van der Waals surface area contributed by atoms with Crippen LogP contribution in [0.3, 0.4) is 0 Å². The predicted octanol–water partition coefficient (Wildman–Crippen LogP) is 3.17. The Labute approximate surface area is 146 Å². The number of piperidine rings is 1. The summed E-state index contributed by atoms with van der Waals surface area (Å²) in [6.45, 7) is 4.60. The Bertz CT molecular complexity index is 737. The van der Waals surface area contributed by atoms with Crippen LogP contribution in [0, 0.1) is 19.8 Å². The van der Waals surface area contributed by atoms with E-state index in [0.29, 0.717) is 18.8 Å². The molecule has 2 N–H and O–H groups in total. The lowest BCUT2D eigenvalue weighted by Gasteiger charge is -2.31. The van der Waals surface area contributed by atoms with Crippen LogP contribution in [-0.4, -0.2) is 34.9 Å². The molecule has 1 atom stereocenters. The molecular formula is C18H22N4O3. The fourth-order valence-electron chi connectivity index (χ4n) is 2.84. The van der Waals surface area contributed by atoms with Gasteiger partial charge in [-0.1, -0.05) is 18.2 Å². The Balaban J connectivity index is 1.58. The third-order valence-corrected chi connectivity index (χ3v) is 4.36. The molecule has 2 heterocycles. The summed E-state index contributed by atoms with van der Waals surface area (Å²) in [4.78, 5) is 30.6. The van der Waals surface area contributed by atoms with Crippen LogP contribution in [-0.2, 0) is 4.79 Å². The molecule has 0 aliphatic carbocycles. The second-order valence-electron chi connectivity index (χ2n) is 6.23. The first kappa shape index (κ1) is 17.0. The first-order valence-corrected chi connectivity index (χ1v) is 8.39. The van der Waals surface area contributed by atoms with Crippen molar-refractivity contribution in [2.75, 3.05) is 23.7 Å². The molecule has 1 unspecified atom stereocenters. The number of rotatable bonds is 3. The molecule has 1 aromatic heterocycles. The van der Waals surface area contributed by atoms with Crippen molar-refractivity contribution in [1.29, 1.82) is 0 Å². The summed E-state index contributed by atoms with van der Waals surface area (Å²) in [7, 11) is 0. The molecule has 132 valence electrons. The van der Waals surface area contributed by atoms with E-state index in [-0.39, 0.29) is 23.9 Å². The fraction of sp³-hybridized carbons (Fsp3) is 0.389. The number of carbonyl (C=O) groups excluding carboxylic acids is 2. The Morgan fingerprint density at radius 3 is 2.64 bits per heavy atom. The number of nitrogens with zero attached hydrogens (tertiary/aromatic N) is 2. The molecule has 0 spiro atoms. The lowest BCUT2D eigenvalue weighted by Crippen LogP contribution is -2.45. The van der Waals surface area contributed by atoms with Crippen LogP contribution in [0.15, 0.2) is 34.7 Å². The number of anilines is 2. The summed E-state index contributed by atoms with van der Waals surface area (Å²) in [5.41, 5.74) is 1.51. The first-order valence-electron chi connectivity index (χ1n) is 8.39. The summed E-state index contributed by atoms with van der Waals surface area (Å²) in [5, 5.41) is 5.56. The fourth-order valence-corrected chi connectivity index (χ4v) is 2.84. The van der Waals surface area contributed by atoms with E-state index in [1.807, 2.05) is 37.3 Å². The number of likely N-dealkylation sites (tertiary alicyclic amines) is 1. The van der Waals surface area contributed by atoms with Gasteiger partial charge in [-0.2, -0.15) is 4.98 Å². The molecule has 2 aromatic rings. The number of para-hydroxylation sites is 1. The maximum atomic E-state index is 12.4. The van der Waals surface area contributed by atoms with Crippen LogP contribution >= 0.6 is 0 Å². The molecule has 0 bridgehead atoms. The topological polar surface area (TPSA) is 87.5 Å². The van der Waals surface area contributed by atoms with Crippen molar-refractivity contribution >= 4 is 23.6 Å². The molecule has 7 nitrogen and oxygen atoms in total. The van der Waals surface area contributed by atoms with Gasteiger partial charge in [0.05, 0.1) is 11.6 Å². The van der Waals surface area contributed by atoms with Crippen LogP contribution in [0.4, 0.5) is 16.5 Å². The second-order valence-corrected chi connectivity index (χ2v) is 6.23. The lowest BCUT2D eigenvalue weighted by atomic mass is 9.97. The van der Waals surface area contributed by atoms with E-state index in [4.69, 9.17) is 4.42 Å². The molecule has 1 fully saturated rings. The SMILES string of the molecule is Cc1nc(NC(=O)N2CCCC(C(=O)Nc3ccccc3)C2)oc1C. The molecule has 1 aliphatic heterocycles. The molecule has 0 saturated carbocycles. The highest BCUT2D eigenvalue weighted by Crippen LogP contribution is 2.20. The molecule has 1 aliphatic rings. The monoisotopic (exact) mass is 342 g/mol. The third kappa shape index (κ3) is 4.17. The molecule has 25 heavy (non-hydrogen) atoms. The van der Waals surface area contributed by atoms with E-state index in [0.717, 1.165) is 24.2 Å². The molecule has 7 heteroatoms. The number of hydrogen-bond acceptors (Lipinski definition) is 4. The molecule has 1 saturated heterocycles. The van der Waals surface area contributed by atoms with E-state index >= 15 is 0 Å². The van der Waals surface area contributed by atoms with Crippen molar-refractivity contribution in [3.63, 3.8) is 0 Å². The van der Waals surface area contributed by atoms with E-state index in [2.05, 4.69) is 15.6 Å². The highest BCUT2D eigenvalue weighted by Gasteiger charge is 2.29. The van der Waals surface area contributed by atoms with E-state index in [9.17, 15) is 9.59 Å². The minimum absolute atomic E-state index is 0.0634. The molecule has 0 radical (unpaired) electrons. The van der Waals surface area contributed by atoms with Gasteiger partial charge in [-0.3, -0.25) is 10.1 Å². The van der Waals surface area contributed by atoms with Crippen molar-refractivity contribution < 1.29 is 14.0 Å². The van der Waals surface area contributed by atoms with Gasteiger partial charge in [-0.15, -0.1) is 0 Å². The lowest BCUT2D eigenvalue weighted by molar-refractivity contribution is -0.121. The van der Waals surface area contributed by atoms with Crippen molar-refractivity contribution in [3.8, 4) is 0 Å². The van der Waals surface area contributed by atoms with E-state index in [1.165, 1.54) is 0 Å². The van der Waals surface area contributed by atoms with Crippen LogP contribution in [0.25, 0.3) is 0 Å². The Morgan fingerprint density at radius 1 is 1.20 bits per heavy atom. The van der Waals surface area contributed by atoms with Crippen LogP contribution in [0.5, 0.6) is 0 Å². The largest absolute Gasteiger partial charge is 0.428 e. The number of benzene rings is 1.